The van der Waals surface area contributed by atoms with Gasteiger partial charge in [-0.25, -0.2) is 9.97 Å². The summed E-state index contributed by atoms with van der Waals surface area (Å²) in [5.41, 5.74) is 1.27. The highest BCUT2D eigenvalue weighted by Gasteiger charge is 2.23. The Morgan fingerprint density at radius 1 is 1.03 bits per heavy atom. The van der Waals surface area contributed by atoms with Gasteiger partial charge in [0.15, 0.2) is 5.82 Å². The van der Waals surface area contributed by atoms with Crippen molar-refractivity contribution >= 4 is 27.4 Å². The van der Waals surface area contributed by atoms with Gasteiger partial charge in [0.2, 0.25) is 0 Å². The monoisotopic (exact) mass is 411 g/mol. The van der Waals surface area contributed by atoms with Crippen molar-refractivity contribution in [3.8, 4) is 0 Å². The molecule has 0 saturated carbocycles. The summed E-state index contributed by atoms with van der Waals surface area (Å²) < 4.78 is 2.29. The minimum absolute atomic E-state index is 0.0479. The third kappa shape index (κ3) is 3.53. The second-order valence-electron chi connectivity index (χ2n) is 8.38. The van der Waals surface area contributed by atoms with Crippen molar-refractivity contribution in [2.24, 2.45) is 0 Å². The highest BCUT2D eigenvalue weighted by atomic mass is 32.1. The Balaban J connectivity index is 1.49. The molecule has 0 aromatic carbocycles. The molecule has 0 radical (unpaired) electrons. The zero-order valence-electron chi connectivity index (χ0n) is 17.5. The van der Waals surface area contributed by atoms with E-state index in [9.17, 15) is 0 Å². The summed E-state index contributed by atoms with van der Waals surface area (Å²) in [5.74, 6) is 3.98. The van der Waals surface area contributed by atoms with Gasteiger partial charge in [-0.05, 0) is 65.1 Å². The summed E-state index contributed by atoms with van der Waals surface area (Å²) in [6, 6.07) is 0.0479. The molecular weight excluding hydrogens is 382 g/mol. The van der Waals surface area contributed by atoms with Crippen LogP contribution >= 0.6 is 11.3 Å². The molecule has 1 fully saturated rings. The van der Waals surface area contributed by atoms with E-state index in [4.69, 9.17) is 9.97 Å². The van der Waals surface area contributed by atoms with E-state index in [1.165, 1.54) is 36.1 Å². The lowest BCUT2D eigenvalue weighted by molar-refractivity contribution is 0.323. The van der Waals surface area contributed by atoms with Gasteiger partial charge in [0, 0.05) is 17.8 Å². The summed E-state index contributed by atoms with van der Waals surface area (Å²) in [5, 5.41) is 13.8. The van der Waals surface area contributed by atoms with Crippen LogP contribution in [0.25, 0.3) is 10.2 Å². The zero-order chi connectivity index (χ0) is 20.0. The molecule has 7 nitrogen and oxygen atoms in total. The van der Waals surface area contributed by atoms with Gasteiger partial charge in [-0.1, -0.05) is 0 Å². The Labute approximate surface area is 175 Å². The molecule has 0 spiro atoms. The van der Waals surface area contributed by atoms with Crippen LogP contribution in [0, 0.1) is 13.8 Å². The quantitative estimate of drug-likeness (QED) is 0.684. The zero-order valence-corrected chi connectivity index (χ0v) is 18.3. The lowest BCUT2D eigenvalue weighted by Crippen LogP contribution is -2.21. The van der Waals surface area contributed by atoms with E-state index in [0.717, 1.165) is 66.1 Å². The molecule has 1 atom stereocenters. The molecule has 2 aliphatic rings. The summed E-state index contributed by atoms with van der Waals surface area (Å²) in [6.07, 6.45) is 5.99. The number of nitrogens with one attached hydrogen (secondary N) is 1. The van der Waals surface area contributed by atoms with Crippen LogP contribution in [-0.2, 0) is 19.5 Å². The number of fused-ring (bicyclic) bond motifs is 2. The maximum Gasteiger partial charge on any atom is 0.155 e. The molecule has 2 aliphatic heterocycles. The van der Waals surface area contributed by atoms with Crippen molar-refractivity contribution in [1.82, 2.24) is 29.6 Å². The van der Waals surface area contributed by atoms with Crippen LogP contribution < -0.4 is 5.32 Å². The molecule has 3 aromatic heterocycles. The van der Waals surface area contributed by atoms with E-state index in [1.807, 2.05) is 0 Å². The van der Waals surface area contributed by atoms with Gasteiger partial charge in [0.05, 0.1) is 18.0 Å². The Morgan fingerprint density at radius 3 is 2.66 bits per heavy atom. The van der Waals surface area contributed by atoms with E-state index in [1.54, 1.807) is 11.3 Å². The molecule has 0 aliphatic carbocycles. The first-order valence-electron chi connectivity index (χ1n) is 10.8. The Morgan fingerprint density at radius 2 is 1.83 bits per heavy atom. The molecule has 3 aromatic rings. The smallest absolute Gasteiger partial charge is 0.155 e. The first-order valence-corrected chi connectivity index (χ1v) is 11.6. The molecule has 0 bridgehead atoms. The average molecular weight is 412 g/mol. The number of hydrogen-bond donors (Lipinski definition) is 1. The number of thiophene rings is 1. The predicted octanol–water partition coefficient (Wildman–Crippen LogP) is 4.00. The Bertz CT molecular complexity index is 1030. The second kappa shape index (κ2) is 7.65. The average Bonchev–Trinajstić information content (AvgIpc) is 3.42. The second-order valence-corrected chi connectivity index (χ2v) is 9.59. The standard InChI is InChI=1S/C21H29N7S/c1-13-15(3)29-21-18(13)19(23-16(24-21)12-27-9-6-7-10-27)22-14(2)20-26-25-17-8-4-5-11-28(17)20/h14H,4-12H2,1-3H3,(H,22,23,24). The fraction of sp³-hybridized carbons (Fsp3) is 0.619. The molecule has 5 heterocycles. The van der Waals surface area contributed by atoms with Crippen molar-refractivity contribution in [2.45, 2.75) is 72.0 Å². The van der Waals surface area contributed by atoms with Gasteiger partial charge in [0.1, 0.15) is 22.3 Å². The molecule has 154 valence electrons. The summed E-state index contributed by atoms with van der Waals surface area (Å²) in [7, 11) is 0. The molecule has 5 rings (SSSR count). The summed E-state index contributed by atoms with van der Waals surface area (Å²) in [6.45, 7) is 10.6. The molecule has 8 heteroatoms. The topological polar surface area (TPSA) is 71.8 Å². The van der Waals surface area contributed by atoms with Gasteiger partial charge in [-0.3, -0.25) is 4.90 Å². The first-order chi connectivity index (χ1) is 14.1. The predicted molar refractivity (Wildman–Crippen MR) is 116 cm³/mol. The van der Waals surface area contributed by atoms with Gasteiger partial charge in [-0.15, -0.1) is 21.5 Å². The summed E-state index contributed by atoms with van der Waals surface area (Å²) in [4.78, 5) is 14.7. The van der Waals surface area contributed by atoms with Crippen molar-refractivity contribution < 1.29 is 0 Å². The van der Waals surface area contributed by atoms with E-state index in [0.29, 0.717) is 0 Å². The van der Waals surface area contributed by atoms with Crippen LogP contribution in [0.15, 0.2) is 0 Å². The van der Waals surface area contributed by atoms with Crippen LogP contribution in [0.4, 0.5) is 5.82 Å². The molecule has 29 heavy (non-hydrogen) atoms. The fourth-order valence-electron chi connectivity index (χ4n) is 4.53. The Hall–Kier alpha value is -2.06. The van der Waals surface area contributed by atoms with Gasteiger partial charge < -0.3 is 9.88 Å². The number of nitrogens with zero attached hydrogens (tertiary/aromatic N) is 6. The lowest BCUT2D eigenvalue weighted by Gasteiger charge is -2.20. The number of rotatable bonds is 5. The minimum atomic E-state index is 0.0479. The van der Waals surface area contributed by atoms with Crippen LogP contribution in [0.5, 0.6) is 0 Å². The van der Waals surface area contributed by atoms with E-state index < -0.39 is 0 Å². The Kier molecular flexibility index (Phi) is 4.99. The lowest BCUT2D eigenvalue weighted by atomic mass is 10.1. The van der Waals surface area contributed by atoms with E-state index in [-0.39, 0.29) is 6.04 Å². The van der Waals surface area contributed by atoms with E-state index >= 15 is 0 Å². The molecular formula is C21H29N7S. The van der Waals surface area contributed by atoms with Crippen LogP contribution in [0.1, 0.15) is 66.6 Å². The largest absolute Gasteiger partial charge is 0.360 e. The van der Waals surface area contributed by atoms with Crippen LogP contribution in [0.2, 0.25) is 0 Å². The van der Waals surface area contributed by atoms with E-state index in [2.05, 4.69) is 45.8 Å². The van der Waals surface area contributed by atoms with Crippen molar-refractivity contribution in [2.75, 3.05) is 18.4 Å². The van der Waals surface area contributed by atoms with Crippen molar-refractivity contribution in [3.05, 3.63) is 27.9 Å². The number of aryl methyl sites for hydroxylation is 3. The van der Waals surface area contributed by atoms with Gasteiger partial charge in [-0.2, -0.15) is 0 Å². The summed E-state index contributed by atoms with van der Waals surface area (Å²) >= 11 is 1.77. The third-order valence-corrected chi connectivity index (χ3v) is 7.37. The molecule has 1 unspecified atom stereocenters. The van der Waals surface area contributed by atoms with Crippen LogP contribution in [0.3, 0.4) is 0 Å². The third-order valence-electron chi connectivity index (χ3n) is 6.27. The highest BCUT2D eigenvalue weighted by Crippen LogP contribution is 2.35. The number of aromatic nitrogens is 5. The first kappa shape index (κ1) is 18.9. The number of anilines is 1. The number of hydrogen-bond acceptors (Lipinski definition) is 7. The fourth-order valence-corrected chi connectivity index (χ4v) is 5.58. The molecule has 1 N–H and O–H groups in total. The number of likely N-dealkylation sites (tertiary alicyclic amines) is 1. The molecule has 0 amide bonds. The maximum atomic E-state index is 4.99. The normalized spacial score (nSPS) is 18.3. The molecule has 1 saturated heterocycles. The van der Waals surface area contributed by atoms with Crippen molar-refractivity contribution in [1.29, 1.82) is 0 Å². The highest BCUT2D eigenvalue weighted by molar-refractivity contribution is 7.18. The van der Waals surface area contributed by atoms with Gasteiger partial charge >= 0.3 is 0 Å². The maximum absolute atomic E-state index is 4.99. The minimum Gasteiger partial charge on any atom is -0.360 e. The van der Waals surface area contributed by atoms with Gasteiger partial charge in [0.25, 0.3) is 0 Å². The van der Waals surface area contributed by atoms with Crippen molar-refractivity contribution in [3.63, 3.8) is 0 Å². The van der Waals surface area contributed by atoms with Crippen LogP contribution in [-0.4, -0.2) is 42.7 Å². The SMILES string of the molecule is Cc1sc2nc(CN3CCCC3)nc(NC(C)c3nnc4n3CCCC4)c2c1C.